The molecule has 1 unspecified atom stereocenters. The van der Waals surface area contributed by atoms with Crippen molar-refractivity contribution in [3.05, 3.63) is 50.9 Å². The highest BCUT2D eigenvalue weighted by Gasteiger charge is 2.12. The summed E-state index contributed by atoms with van der Waals surface area (Å²) < 4.78 is 0. The predicted octanol–water partition coefficient (Wildman–Crippen LogP) is 3.19. The van der Waals surface area contributed by atoms with Crippen LogP contribution in [-0.4, -0.2) is 10.1 Å². The lowest BCUT2D eigenvalue weighted by atomic mass is 10.1. The first-order valence-electron chi connectivity index (χ1n) is 4.52. The van der Waals surface area contributed by atoms with Crippen LogP contribution >= 0.6 is 22.9 Å². The van der Waals surface area contributed by atoms with Gasteiger partial charge < -0.3 is 5.11 Å². The molecule has 2 aromatic rings. The van der Waals surface area contributed by atoms with Gasteiger partial charge in [-0.1, -0.05) is 23.7 Å². The summed E-state index contributed by atoms with van der Waals surface area (Å²) in [7, 11) is 0. The SMILES string of the molecule is Cc1ncc(C(O)c2cccc(Cl)c2)s1. The van der Waals surface area contributed by atoms with Crippen molar-refractivity contribution >= 4 is 22.9 Å². The lowest BCUT2D eigenvalue weighted by Crippen LogP contribution is -1.96. The molecular formula is C11H10ClNOS. The second-order valence-electron chi connectivity index (χ2n) is 3.24. The van der Waals surface area contributed by atoms with Crippen molar-refractivity contribution in [3.63, 3.8) is 0 Å². The van der Waals surface area contributed by atoms with Gasteiger partial charge in [-0.05, 0) is 24.6 Å². The molecule has 0 aliphatic carbocycles. The van der Waals surface area contributed by atoms with E-state index in [0.29, 0.717) is 5.02 Å². The van der Waals surface area contributed by atoms with E-state index in [2.05, 4.69) is 4.98 Å². The van der Waals surface area contributed by atoms with Crippen molar-refractivity contribution in [1.29, 1.82) is 0 Å². The van der Waals surface area contributed by atoms with Gasteiger partial charge in [0.2, 0.25) is 0 Å². The normalized spacial score (nSPS) is 12.7. The third-order valence-electron chi connectivity index (χ3n) is 2.07. The molecule has 0 aliphatic heterocycles. The van der Waals surface area contributed by atoms with Crippen LogP contribution in [0.2, 0.25) is 5.02 Å². The van der Waals surface area contributed by atoms with Gasteiger partial charge in [0.15, 0.2) is 0 Å². The number of rotatable bonds is 2. The van der Waals surface area contributed by atoms with Crippen LogP contribution < -0.4 is 0 Å². The number of aromatic nitrogens is 1. The van der Waals surface area contributed by atoms with Gasteiger partial charge in [0.1, 0.15) is 6.10 Å². The van der Waals surface area contributed by atoms with E-state index in [1.165, 1.54) is 11.3 Å². The Labute approximate surface area is 97.2 Å². The molecule has 0 saturated heterocycles. The summed E-state index contributed by atoms with van der Waals surface area (Å²) in [5, 5.41) is 11.6. The number of aliphatic hydroxyl groups is 1. The highest BCUT2D eigenvalue weighted by molar-refractivity contribution is 7.11. The van der Waals surface area contributed by atoms with E-state index < -0.39 is 6.10 Å². The van der Waals surface area contributed by atoms with Crippen molar-refractivity contribution in [2.45, 2.75) is 13.0 Å². The number of thiazole rings is 1. The fraction of sp³-hybridized carbons (Fsp3) is 0.182. The highest BCUT2D eigenvalue weighted by atomic mass is 35.5. The largest absolute Gasteiger partial charge is 0.383 e. The quantitative estimate of drug-likeness (QED) is 0.873. The van der Waals surface area contributed by atoms with E-state index >= 15 is 0 Å². The Hall–Kier alpha value is -0.900. The summed E-state index contributed by atoms with van der Waals surface area (Å²) in [5.74, 6) is 0. The highest BCUT2D eigenvalue weighted by Crippen LogP contribution is 2.27. The minimum absolute atomic E-state index is 0.630. The zero-order valence-electron chi connectivity index (χ0n) is 8.14. The minimum Gasteiger partial charge on any atom is -0.383 e. The second-order valence-corrected chi connectivity index (χ2v) is 4.94. The summed E-state index contributed by atoms with van der Waals surface area (Å²) in [5.41, 5.74) is 0.797. The molecule has 2 nitrogen and oxygen atoms in total. The second kappa shape index (κ2) is 4.31. The maximum absolute atomic E-state index is 10.0. The minimum atomic E-state index is -0.630. The van der Waals surface area contributed by atoms with Crippen LogP contribution in [0, 0.1) is 6.92 Å². The van der Waals surface area contributed by atoms with Crippen LogP contribution in [0.4, 0.5) is 0 Å². The zero-order chi connectivity index (χ0) is 10.8. The molecule has 2 rings (SSSR count). The molecule has 0 amide bonds. The molecular weight excluding hydrogens is 230 g/mol. The summed E-state index contributed by atoms with van der Waals surface area (Å²) in [4.78, 5) is 4.95. The Morgan fingerprint density at radius 3 is 2.87 bits per heavy atom. The van der Waals surface area contributed by atoms with E-state index in [0.717, 1.165) is 15.4 Å². The first kappa shape index (κ1) is 10.6. The number of benzene rings is 1. The molecule has 0 fully saturated rings. The molecule has 0 radical (unpaired) electrons. The lowest BCUT2D eigenvalue weighted by molar-refractivity contribution is 0.224. The Kier molecular flexibility index (Phi) is 3.05. The van der Waals surface area contributed by atoms with Gasteiger partial charge in [0.05, 0.1) is 9.88 Å². The standard InChI is InChI=1S/C11H10ClNOS/c1-7-13-6-10(15-7)11(14)8-3-2-4-9(12)5-8/h2-6,11,14H,1H3. The summed E-state index contributed by atoms with van der Waals surface area (Å²) >= 11 is 7.35. The van der Waals surface area contributed by atoms with Crippen LogP contribution in [-0.2, 0) is 0 Å². The molecule has 0 aliphatic rings. The number of halogens is 1. The Balaban J connectivity index is 2.32. The fourth-order valence-electron chi connectivity index (χ4n) is 1.35. The topological polar surface area (TPSA) is 33.1 Å². The molecule has 0 spiro atoms. The average molecular weight is 240 g/mol. The van der Waals surface area contributed by atoms with Gasteiger partial charge >= 0.3 is 0 Å². The van der Waals surface area contributed by atoms with E-state index in [1.807, 2.05) is 19.1 Å². The van der Waals surface area contributed by atoms with Crippen LogP contribution in [0.25, 0.3) is 0 Å². The maximum atomic E-state index is 10.0. The molecule has 0 bridgehead atoms. The Morgan fingerprint density at radius 1 is 1.47 bits per heavy atom. The van der Waals surface area contributed by atoms with Gasteiger partial charge in [0.25, 0.3) is 0 Å². The molecule has 1 N–H and O–H groups in total. The van der Waals surface area contributed by atoms with Crippen LogP contribution in [0.15, 0.2) is 30.5 Å². The van der Waals surface area contributed by atoms with Crippen LogP contribution in [0.5, 0.6) is 0 Å². The lowest BCUT2D eigenvalue weighted by Gasteiger charge is -2.08. The molecule has 15 heavy (non-hydrogen) atoms. The smallest absolute Gasteiger partial charge is 0.115 e. The van der Waals surface area contributed by atoms with Crippen molar-refractivity contribution < 1.29 is 5.11 Å². The maximum Gasteiger partial charge on any atom is 0.115 e. The van der Waals surface area contributed by atoms with E-state index in [1.54, 1.807) is 18.3 Å². The molecule has 4 heteroatoms. The number of aryl methyl sites for hydroxylation is 1. The predicted molar refractivity (Wildman–Crippen MR) is 62.4 cm³/mol. The van der Waals surface area contributed by atoms with E-state index in [4.69, 9.17) is 11.6 Å². The van der Waals surface area contributed by atoms with Crippen molar-refractivity contribution in [3.8, 4) is 0 Å². The van der Waals surface area contributed by atoms with E-state index in [-0.39, 0.29) is 0 Å². The molecule has 1 heterocycles. The Bertz CT molecular complexity index is 469. The van der Waals surface area contributed by atoms with E-state index in [9.17, 15) is 5.11 Å². The van der Waals surface area contributed by atoms with Gasteiger partial charge in [-0.2, -0.15) is 0 Å². The number of aliphatic hydroxyl groups excluding tert-OH is 1. The molecule has 1 aromatic carbocycles. The molecule has 1 atom stereocenters. The van der Waals surface area contributed by atoms with Crippen molar-refractivity contribution in [1.82, 2.24) is 4.98 Å². The van der Waals surface area contributed by atoms with Gasteiger partial charge in [-0.15, -0.1) is 11.3 Å². The fourth-order valence-corrected chi connectivity index (χ4v) is 2.34. The molecule has 78 valence electrons. The summed E-state index contributed by atoms with van der Waals surface area (Å²) in [6.07, 6.45) is 1.07. The Morgan fingerprint density at radius 2 is 2.27 bits per heavy atom. The van der Waals surface area contributed by atoms with Crippen molar-refractivity contribution in [2.24, 2.45) is 0 Å². The van der Waals surface area contributed by atoms with Gasteiger partial charge in [-0.3, -0.25) is 0 Å². The third kappa shape index (κ3) is 2.37. The summed E-state index contributed by atoms with van der Waals surface area (Å²) in [6, 6.07) is 7.23. The van der Waals surface area contributed by atoms with Gasteiger partial charge in [-0.25, -0.2) is 4.98 Å². The average Bonchev–Trinajstić information content (AvgIpc) is 2.64. The van der Waals surface area contributed by atoms with Crippen molar-refractivity contribution in [2.75, 3.05) is 0 Å². The third-order valence-corrected chi connectivity index (χ3v) is 3.27. The first-order valence-corrected chi connectivity index (χ1v) is 5.72. The first-order chi connectivity index (χ1) is 7.16. The van der Waals surface area contributed by atoms with Crippen LogP contribution in [0.1, 0.15) is 21.6 Å². The molecule has 1 aromatic heterocycles. The van der Waals surface area contributed by atoms with Crippen LogP contribution in [0.3, 0.4) is 0 Å². The zero-order valence-corrected chi connectivity index (χ0v) is 9.72. The number of hydrogen-bond acceptors (Lipinski definition) is 3. The number of hydrogen-bond donors (Lipinski definition) is 1. The van der Waals surface area contributed by atoms with Gasteiger partial charge in [0, 0.05) is 11.2 Å². The number of nitrogens with zero attached hydrogens (tertiary/aromatic N) is 1. The monoisotopic (exact) mass is 239 g/mol. The molecule has 0 saturated carbocycles. The summed E-state index contributed by atoms with van der Waals surface area (Å²) in [6.45, 7) is 1.92.